The minimum atomic E-state index is 0.0205. The van der Waals surface area contributed by atoms with Crippen LogP contribution < -0.4 is 0 Å². The summed E-state index contributed by atoms with van der Waals surface area (Å²) in [7, 11) is 0.809. The Morgan fingerprint density at radius 1 is 1.31 bits per heavy atom. The Kier molecular flexibility index (Phi) is 4.96. The molecule has 0 amide bonds. The molecule has 2 heteroatoms. The lowest BCUT2D eigenvalue weighted by molar-refractivity contribution is 0.101. The van der Waals surface area contributed by atoms with Gasteiger partial charge in [0.1, 0.15) is 10.5 Å². The number of hydrogen-bond donors (Lipinski definition) is 0. The molecule has 0 radical (unpaired) electrons. The van der Waals surface area contributed by atoms with Gasteiger partial charge in [0.2, 0.25) is 0 Å². The molecule has 0 fully saturated rings. The zero-order chi connectivity index (χ0) is 12.0. The second kappa shape index (κ2) is 6.02. The first kappa shape index (κ1) is 13.2. The fourth-order valence-electron chi connectivity index (χ4n) is 1.77. The van der Waals surface area contributed by atoms with Crippen LogP contribution in [0.1, 0.15) is 32.8 Å². The van der Waals surface area contributed by atoms with Crippen molar-refractivity contribution in [2.24, 2.45) is 5.92 Å². The average molecular weight is 234 g/mol. The molecule has 16 heavy (non-hydrogen) atoms. The molecule has 1 atom stereocenters. The summed E-state index contributed by atoms with van der Waals surface area (Å²) in [5.74, 6) is 0.546. The van der Waals surface area contributed by atoms with Gasteiger partial charge in [-0.1, -0.05) is 49.4 Å². The van der Waals surface area contributed by atoms with Crippen molar-refractivity contribution in [2.45, 2.75) is 32.8 Å². The smallest absolute Gasteiger partial charge is 0.146 e. The van der Waals surface area contributed by atoms with Gasteiger partial charge in [0.15, 0.2) is 0 Å². The van der Waals surface area contributed by atoms with Crippen LogP contribution in [0.25, 0.3) is 6.08 Å². The number of hydrogen-bond acceptors (Lipinski definition) is 1. The molecule has 0 aromatic heterocycles. The van der Waals surface area contributed by atoms with Gasteiger partial charge < -0.3 is 4.43 Å². The van der Waals surface area contributed by atoms with E-state index in [1.54, 1.807) is 0 Å². The van der Waals surface area contributed by atoms with Crippen molar-refractivity contribution < 1.29 is 4.43 Å². The highest BCUT2D eigenvalue weighted by Gasteiger charge is 2.17. The lowest BCUT2D eigenvalue weighted by atomic mass is 9.94. The van der Waals surface area contributed by atoms with Gasteiger partial charge in [0, 0.05) is 5.60 Å². The highest BCUT2D eigenvalue weighted by atomic mass is 28.2. The van der Waals surface area contributed by atoms with E-state index in [0.29, 0.717) is 5.92 Å². The third kappa shape index (κ3) is 4.77. The molecule has 0 bridgehead atoms. The molecule has 1 unspecified atom stereocenters. The van der Waals surface area contributed by atoms with Crippen molar-refractivity contribution >= 4 is 16.6 Å². The molecule has 0 saturated heterocycles. The molecule has 1 aromatic carbocycles. The van der Waals surface area contributed by atoms with E-state index in [4.69, 9.17) is 4.43 Å². The first-order valence-corrected chi connectivity index (χ1v) is 6.63. The number of benzene rings is 1. The molecule has 1 rings (SSSR count). The predicted molar refractivity (Wildman–Crippen MR) is 74.4 cm³/mol. The van der Waals surface area contributed by atoms with Crippen LogP contribution >= 0.6 is 0 Å². The second-order valence-corrected chi connectivity index (χ2v) is 5.32. The van der Waals surface area contributed by atoms with Gasteiger partial charge in [0.25, 0.3) is 0 Å². The summed E-state index contributed by atoms with van der Waals surface area (Å²) in [5.41, 5.74) is 1.28. The van der Waals surface area contributed by atoms with E-state index in [1.165, 1.54) is 5.56 Å². The van der Waals surface area contributed by atoms with Gasteiger partial charge in [-0.05, 0) is 31.7 Å². The van der Waals surface area contributed by atoms with Crippen LogP contribution in [0, 0.1) is 5.92 Å². The van der Waals surface area contributed by atoms with Crippen LogP contribution in [0.2, 0.25) is 0 Å². The summed E-state index contributed by atoms with van der Waals surface area (Å²) >= 11 is 0. The molecule has 0 aliphatic carbocycles. The standard InChI is InChI=1S/C14H22OSi/c1-12(11-14(2,3)15-16)9-10-13-7-5-4-6-8-13/h4-10,12H,11H2,1-3,16H3. The molecule has 1 nitrogen and oxygen atoms in total. The largest absolute Gasteiger partial charge is 0.423 e. The third-order valence-corrected chi connectivity index (χ3v) is 3.89. The molecule has 0 saturated carbocycles. The van der Waals surface area contributed by atoms with Crippen LogP contribution in [0.15, 0.2) is 36.4 Å². The fraction of sp³-hybridized carbons (Fsp3) is 0.429. The predicted octanol–water partition coefficient (Wildman–Crippen LogP) is 2.80. The maximum atomic E-state index is 5.57. The van der Waals surface area contributed by atoms with Crippen molar-refractivity contribution in [3.8, 4) is 0 Å². The van der Waals surface area contributed by atoms with Crippen LogP contribution in [-0.4, -0.2) is 16.1 Å². The Bertz CT molecular complexity index is 330. The zero-order valence-electron chi connectivity index (χ0n) is 10.7. The van der Waals surface area contributed by atoms with Gasteiger partial charge in [-0.2, -0.15) is 0 Å². The van der Waals surface area contributed by atoms with Gasteiger partial charge in [-0.3, -0.25) is 0 Å². The maximum Gasteiger partial charge on any atom is 0.146 e. The highest BCUT2D eigenvalue weighted by molar-refractivity contribution is 5.98. The monoisotopic (exact) mass is 234 g/mol. The van der Waals surface area contributed by atoms with E-state index in [0.717, 1.165) is 16.9 Å². The van der Waals surface area contributed by atoms with E-state index in [-0.39, 0.29) is 5.60 Å². The number of allylic oxidation sites excluding steroid dienone is 1. The first-order chi connectivity index (χ1) is 7.53. The Labute approximate surface area is 102 Å². The van der Waals surface area contributed by atoms with E-state index in [9.17, 15) is 0 Å². The van der Waals surface area contributed by atoms with Gasteiger partial charge in [0.05, 0.1) is 0 Å². The quantitative estimate of drug-likeness (QED) is 0.712. The summed E-state index contributed by atoms with van der Waals surface area (Å²) in [6, 6.07) is 10.4. The Morgan fingerprint density at radius 2 is 1.94 bits per heavy atom. The van der Waals surface area contributed by atoms with Crippen LogP contribution in [0.5, 0.6) is 0 Å². The molecule has 0 aliphatic heterocycles. The summed E-state index contributed by atoms with van der Waals surface area (Å²) in [5, 5.41) is 0. The third-order valence-electron chi connectivity index (χ3n) is 2.78. The lowest BCUT2D eigenvalue weighted by Gasteiger charge is -2.26. The Balaban J connectivity index is 2.52. The lowest BCUT2D eigenvalue weighted by Crippen LogP contribution is -2.25. The topological polar surface area (TPSA) is 9.23 Å². The molecule has 0 N–H and O–H groups in total. The summed E-state index contributed by atoms with van der Waals surface area (Å²) in [4.78, 5) is 0. The summed E-state index contributed by atoms with van der Waals surface area (Å²) in [6.07, 6.45) is 5.52. The second-order valence-electron chi connectivity index (χ2n) is 4.92. The molecular formula is C14H22OSi. The van der Waals surface area contributed by atoms with Crippen LogP contribution in [0.4, 0.5) is 0 Å². The first-order valence-electron chi connectivity index (χ1n) is 5.82. The van der Waals surface area contributed by atoms with Crippen molar-refractivity contribution in [3.63, 3.8) is 0 Å². The van der Waals surface area contributed by atoms with E-state index in [2.05, 4.69) is 57.2 Å². The van der Waals surface area contributed by atoms with E-state index in [1.807, 2.05) is 6.07 Å². The molecule has 0 heterocycles. The molecule has 0 spiro atoms. The summed E-state index contributed by atoms with van der Waals surface area (Å²) in [6.45, 7) is 6.56. The van der Waals surface area contributed by atoms with Crippen molar-refractivity contribution in [1.82, 2.24) is 0 Å². The Hall–Kier alpha value is -0.863. The summed E-state index contributed by atoms with van der Waals surface area (Å²) < 4.78 is 5.57. The highest BCUT2D eigenvalue weighted by Crippen LogP contribution is 2.20. The molecule has 88 valence electrons. The number of rotatable bonds is 5. The maximum absolute atomic E-state index is 5.57. The van der Waals surface area contributed by atoms with Gasteiger partial charge >= 0.3 is 0 Å². The van der Waals surface area contributed by atoms with Gasteiger partial charge in [-0.15, -0.1) is 0 Å². The minimum absolute atomic E-state index is 0.0205. The van der Waals surface area contributed by atoms with Crippen molar-refractivity contribution in [3.05, 3.63) is 42.0 Å². The Morgan fingerprint density at radius 3 is 2.50 bits per heavy atom. The van der Waals surface area contributed by atoms with Crippen molar-refractivity contribution in [2.75, 3.05) is 0 Å². The van der Waals surface area contributed by atoms with Crippen molar-refractivity contribution in [1.29, 1.82) is 0 Å². The SMILES string of the molecule is CC(C=Cc1ccccc1)CC(C)(C)O[SiH3]. The average Bonchev–Trinajstić information content (AvgIpc) is 2.27. The van der Waals surface area contributed by atoms with Crippen LogP contribution in [0.3, 0.4) is 0 Å². The zero-order valence-corrected chi connectivity index (χ0v) is 12.7. The van der Waals surface area contributed by atoms with E-state index < -0.39 is 0 Å². The van der Waals surface area contributed by atoms with E-state index >= 15 is 0 Å². The molecule has 1 aromatic rings. The minimum Gasteiger partial charge on any atom is -0.423 e. The molecule has 0 aliphatic rings. The fourth-order valence-corrected chi connectivity index (χ4v) is 1.93. The molecular weight excluding hydrogens is 212 g/mol. The normalized spacial score (nSPS) is 14.4. The van der Waals surface area contributed by atoms with Gasteiger partial charge in [-0.25, -0.2) is 0 Å². The van der Waals surface area contributed by atoms with Crippen LogP contribution in [-0.2, 0) is 4.43 Å².